The van der Waals surface area contributed by atoms with Crippen molar-refractivity contribution in [1.29, 1.82) is 0 Å². The second-order valence-electron chi connectivity index (χ2n) is 6.14. The van der Waals surface area contributed by atoms with Gasteiger partial charge in [0.1, 0.15) is 12.0 Å². The fourth-order valence-corrected chi connectivity index (χ4v) is 3.79. The highest BCUT2D eigenvalue weighted by Gasteiger charge is 2.13. The maximum Gasteiger partial charge on any atom is 0.191 e. The molecule has 0 amide bonds. The zero-order valence-electron chi connectivity index (χ0n) is 14.8. The molecule has 4 aromatic rings. The minimum Gasteiger partial charge on any atom is -0.312 e. The summed E-state index contributed by atoms with van der Waals surface area (Å²) < 4.78 is 3.69. The quantitative estimate of drug-likeness (QED) is 0.462. The molecule has 6 nitrogen and oxygen atoms in total. The van der Waals surface area contributed by atoms with Gasteiger partial charge in [-0.3, -0.25) is 0 Å². The highest BCUT2D eigenvalue weighted by Crippen LogP contribution is 2.34. The Bertz CT molecular complexity index is 1070. The first kappa shape index (κ1) is 17.8. The fraction of sp³-hybridized carbons (Fsp3) is 0.158. The molecule has 2 heterocycles. The van der Waals surface area contributed by atoms with Crippen LogP contribution in [0.15, 0.2) is 66.2 Å². The Balaban J connectivity index is 1.58. The maximum atomic E-state index is 6.07. The van der Waals surface area contributed by atoms with Crippen LogP contribution in [0.3, 0.4) is 0 Å². The van der Waals surface area contributed by atoms with Crippen LogP contribution in [0.25, 0.3) is 16.9 Å². The largest absolute Gasteiger partial charge is 0.312 e. The summed E-state index contributed by atoms with van der Waals surface area (Å²) in [6.45, 7) is 2.15. The molecule has 4 rings (SSSR count). The van der Waals surface area contributed by atoms with Crippen LogP contribution in [0.2, 0.25) is 5.02 Å². The van der Waals surface area contributed by atoms with Crippen molar-refractivity contribution in [3.63, 3.8) is 0 Å². The van der Waals surface area contributed by atoms with Crippen LogP contribution < -0.4 is 0 Å². The number of nitrogens with zero attached hydrogens (tertiary/aromatic N) is 6. The number of halogens is 1. The average Bonchev–Trinajstić information content (AvgIpc) is 3.32. The van der Waals surface area contributed by atoms with Gasteiger partial charge in [-0.2, -0.15) is 0 Å². The monoisotopic (exact) mass is 396 g/mol. The van der Waals surface area contributed by atoms with Crippen LogP contribution in [0, 0.1) is 0 Å². The zero-order chi connectivity index (χ0) is 18.8. The number of hydrogen-bond acceptors (Lipinski definition) is 5. The van der Waals surface area contributed by atoms with Gasteiger partial charge in [0.05, 0.1) is 11.9 Å². The summed E-state index contributed by atoms with van der Waals surface area (Å²) in [4.78, 5) is 0. The lowest BCUT2D eigenvalue weighted by atomic mass is 10.1. The third kappa shape index (κ3) is 3.89. The molecular weight excluding hydrogens is 380 g/mol. The van der Waals surface area contributed by atoms with Gasteiger partial charge < -0.3 is 4.57 Å². The molecule has 0 radical (unpaired) electrons. The topological polar surface area (TPSA) is 61.4 Å². The third-order valence-electron chi connectivity index (χ3n) is 4.17. The molecule has 1 atom stereocenters. The van der Waals surface area contributed by atoms with Gasteiger partial charge in [0.15, 0.2) is 5.16 Å². The van der Waals surface area contributed by atoms with E-state index < -0.39 is 0 Å². The highest BCUT2D eigenvalue weighted by atomic mass is 35.5. The normalized spacial score (nSPS) is 12.3. The molecule has 0 N–H and O–H groups in total. The van der Waals surface area contributed by atoms with Gasteiger partial charge in [-0.1, -0.05) is 52.8 Å². The molecule has 0 bridgehead atoms. The molecule has 0 spiro atoms. The molecule has 0 saturated carbocycles. The van der Waals surface area contributed by atoms with Crippen LogP contribution in [0.5, 0.6) is 0 Å². The minimum atomic E-state index is 0.226. The Labute approximate surface area is 166 Å². The number of aromatic nitrogens is 6. The molecule has 2 aromatic heterocycles. The Hall–Kier alpha value is -2.64. The van der Waals surface area contributed by atoms with Gasteiger partial charge in [-0.15, -0.1) is 15.3 Å². The summed E-state index contributed by atoms with van der Waals surface area (Å²) in [6.07, 6.45) is 3.61. The van der Waals surface area contributed by atoms with Crippen molar-refractivity contribution in [2.45, 2.75) is 17.3 Å². The molecule has 0 saturated heterocycles. The van der Waals surface area contributed by atoms with Crippen molar-refractivity contribution in [2.24, 2.45) is 7.05 Å². The lowest BCUT2D eigenvalue weighted by Gasteiger charge is -2.12. The highest BCUT2D eigenvalue weighted by molar-refractivity contribution is 7.99. The Kier molecular flexibility index (Phi) is 4.96. The van der Waals surface area contributed by atoms with E-state index in [2.05, 4.69) is 39.6 Å². The van der Waals surface area contributed by atoms with E-state index in [0.717, 1.165) is 22.1 Å². The van der Waals surface area contributed by atoms with Crippen molar-refractivity contribution >= 4 is 23.4 Å². The standard InChI is InChI=1S/C19H17ClN6S/c1-13(27-19-23-21-12-25(19)2)14-5-4-8-17(10-14)26-11-18(22-24-26)15-6-3-7-16(20)9-15/h3-13H,1-2H3/t13-/m0/s1. The van der Waals surface area contributed by atoms with E-state index in [1.807, 2.05) is 54.2 Å². The molecule has 136 valence electrons. The number of aryl methyl sites for hydroxylation is 1. The second kappa shape index (κ2) is 7.54. The molecule has 0 fully saturated rings. The predicted molar refractivity (Wildman–Crippen MR) is 107 cm³/mol. The van der Waals surface area contributed by atoms with E-state index in [1.54, 1.807) is 22.8 Å². The van der Waals surface area contributed by atoms with E-state index in [-0.39, 0.29) is 5.25 Å². The summed E-state index contributed by atoms with van der Waals surface area (Å²) >= 11 is 7.74. The van der Waals surface area contributed by atoms with E-state index >= 15 is 0 Å². The average molecular weight is 397 g/mol. The minimum absolute atomic E-state index is 0.226. The second-order valence-corrected chi connectivity index (χ2v) is 7.88. The summed E-state index contributed by atoms with van der Waals surface area (Å²) in [6, 6.07) is 15.9. The van der Waals surface area contributed by atoms with Crippen molar-refractivity contribution in [1.82, 2.24) is 29.8 Å². The molecule has 2 aromatic carbocycles. The summed E-state index contributed by atoms with van der Waals surface area (Å²) in [5.74, 6) is 0. The van der Waals surface area contributed by atoms with Crippen LogP contribution in [-0.4, -0.2) is 29.8 Å². The van der Waals surface area contributed by atoms with Gasteiger partial charge >= 0.3 is 0 Å². The molecule has 0 unspecified atom stereocenters. The van der Waals surface area contributed by atoms with Crippen molar-refractivity contribution < 1.29 is 0 Å². The SMILES string of the molecule is C[C@H](Sc1nncn1C)c1cccc(-n2cc(-c3cccc(Cl)c3)nn2)c1. The molecule has 0 aliphatic heterocycles. The smallest absolute Gasteiger partial charge is 0.191 e. The first-order valence-electron chi connectivity index (χ1n) is 8.39. The van der Waals surface area contributed by atoms with E-state index in [9.17, 15) is 0 Å². The Morgan fingerprint density at radius 2 is 1.93 bits per heavy atom. The van der Waals surface area contributed by atoms with Crippen LogP contribution in [0.1, 0.15) is 17.7 Å². The maximum absolute atomic E-state index is 6.07. The summed E-state index contributed by atoms with van der Waals surface area (Å²) in [7, 11) is 1.94. The lowest BCUT2D eigenvalue weighted by molar-refractivity contribution is 0.784. The van der Waals surface area contributed by atoms with Crippen LogP contribution in [-0.2, 0) is 7.05 Å². The first-order valence-corrected chi connectivity index (χ1v) is 9.65. The van der Waals surface area contributed by atoms with E-state index in [4.69, 9.17) is 11.6 Å². The predicted octanol–water partition coefficient (Wildman–Crippen LogP) is 4.57. The van der Waals surface area contributed by atoms with Crippen molar-refractivity contribution in [2.75, 3.05) is 0 Å². The van der Waals surface area contributed by atoms with E-state index in [1.165, 1.54) is 5.56 Å². The van der Waals surface area contributed by atoms with Crippen molar-refractivity contribution in [3.05, 3.63) is 71.6 Å². The lowest BCUT2D eigenvalue weighted by Crippen LogP contribution is -1.98. The third-order valence-corrected chi connectivity index (χ3v) is 5.61. The fourth-order valence-electron chi connectivity index (χ4n) is 2.70. The van der Waals surface area contributed by atoms with E-state index in [0.29, 0.717) is 5.02 Å². The van der Waals surface area contributed by atoms with Gasteiger partial charge in [-0.25, -0.2) is 4.68 Å². The molecule has 27 heavy (non-hydrogen) atoms. The molecule has 0 aliphatic rings. The number of rotatable bonds is 5. The Morgan fingerprint density at radius 3 is 2.70 bits per heavy atom. The van der Waals surface area contributed by atoms with Gasteiger partial charge in [0, 0.05) is 22.9 Å². The Morgan fingerprint density at radius 1 is 1.07 bits per heavy atom. The van der Waals surface area contributed by atoms with Gasteiger partial charge in [-0.05, 0) is 36.8 Å². The number of hydrogen-bond donors (Lipinski definition) is 0. The number of thioether (sulfide) groups is 1. The van der Waals surface area contributed by atoms with Crippen LogP contribution >= 0.6 is 23.4 Å². The van der Waals surface area contributed by atoms with Crippen LogP contribution in [0.4, 0.5) is 0 Å². The number of benzene rings is 2. The zero-order valence-corrected chi connectivity index (χ0v) is 16.4. The summed E-state index contributed by atoms with van der Waals surface area (Å²) in [5, 5.41) is 18.4. The van der Waals surface area contributed by atoms with Crippen molar-refractivity contribution in [3.8, 4) is 16.9 Å². The van der Waals surface area contributed by atoms with Gasteiger partial charge in [0.25, 0.3) is 0 Å². The van der Waals surface area contributed by atoms with Gasteiger partial charge in [0.2, 0.25) is 0 Å². The molecule has 0 aliphatic carbocycles. The first-order chi connectivity index (χ1) is 13.1. The molecule has 8 heteroatoms. The summed E-state index contributed by atoms with van der Waals surface area (Å²) in [5.41, 5.74) is 3.86. The molecular formula is C19H17ClN6S.